The number of rotatable bonds is 17. The van der Waals surface area contributed by atoms with Crippen LogP contribution in [-0.2, 0) is 24.5 Å². The number of carbonyl (C=O) groups is 1. The minimum absolute atomic E-state index is 0.0930. The van der Waals surface area contributed by atoms with Gasteiger partial charge < -0.3 is 19.8 Å². The highest BCUT2D eigenvalue weighted by molar-refractivity contribution is 5.94. The number of benzene rings is 4. The van der Waals surface area contributed by atoms with Gasteiger partial charge in [0.1, 0.15) is 18.2 Å². The second-order valence-corrected chi connectivity index (χ2v) is 11.2. The van der Waals surface area contributed by atoms with Crippen LogP contribution < -0.4 is 15.0 Å². The lowest BCUT2D eigenvalue weighted by Gasteiger charge is -2.26. The van der Waals surface area contributed by atoms with Crippen molar-refractivity contribution in [2.75, 3.05) is 18.1 Å². The van der Waals surface area contributed by atoms with Gasteiger partial charge in [-0.3, -0.25) is 4.79 Å². The van der Waals surface area contributed by atoms with Crippen LogP contribution in [0.2, 0.25) is 0 Å². The Morgan fingerprint density at radius 3 is 2.38 bits per heavy atom. The van der Waals surface area contributed by atoms with E-state index >= 15 is 0 Å². The topological polar surface area (TPSA) is 107 Å². The molecule has 0 fully saturated rings. The molecular weight excluding hydrogens is 599 g/mol. The van der Waals surface area contributed by atoms with Crippen LogP contribution in [0.25, 0.3) is 10.9 Å². The van der Waals surface area contributed by atoms with E-state index in [4.69, 9.17) is 4.74 Å². The fraction of sp³-hybridized carbons (Fsp3) is 0.243. The molecule has 242 valence electrons. The van der Waals surface area contributed by atoms with E-state index in [1.54, 1.807) is 18.2 Å². The van der Waals surface area contributed by atoms with Crippen LogP contribution in [0.5, 0.6) is 5.75 Å². The minimum Gasteiger partial charge on any atom is -0.487 e. The third-order valence-electron chi connectivity index (χ3n) is 7.65. The van der Waals surface area contributed by atoms with Gasteiger partial charge in [0.15, 0.2) is 0 Å². The molecule has 1 heterocycles. The average Bonchev–Trinajstić information content (AvgIpc) is 3.08. The van der Waals surface area contributed by atoms with Gasteiger partial charge in [0.05, 0.1) is 17.8 Å². The standard InChI is InChI=1S/C37H37FN4O5/c38-32-10-7-8-29(24-32)26-41(25-28-12-14-31(15-13-28)37(43)39-22-5-1-2-6-23-47-42(44)45)34-18-20-35(21-19-34)46-27-33-17-16-30-9-3-4-11-36(30)40-33/h3-4,7-21,24H,1-2,5-6,22-23,25-27H2,(H,39,43). The summed E-state index contributed by atoms with van der Waals surface area (Å²) in [6, 6.07) is 33.8. The molecule has 5 rings (SSSR count). The molecule has 0 radical (unpaired) electrons. The number of hydrogen-bond acceptors (Lipinski definition) is 7. The van der Waals surface area contributed by atoms with Gasteiger partial charge in [0, 0.05) is 36.3 Å². The lowest BCUT2D eigenvalue weighted by Crippen LogP contribution is -2.25. The zero-order chi connectivity index (χ0) is 32.8. The van der Waals surface area contributed by atoms with Crippen molar-refractivity contribution >= 4 is 22.5 Å². The number of aromatic nitrogens is 1. The van der Waals surface area contributed by atoms with Crippen LogP contribution in [0.4, 0.5) is 10.1 Å². The van der Waals surface area contributed by atoms with Gasteiger partial charge in [-0.05, 0) is 84.6 Å². The molecule has 1 amide bonds. The molecule has 4 aromatic carbocycles. The number of hydrogen-bond donors (Lipinski definition) is 1. The predicted molar refractivity (Wildman–Crippen MR) is 179 cm³/mol. The van der Waals surface area contributed by atoms with Gasteiger partial charge >= 0.3 is 0 Å². The first-order chi connectivity index (χ1) is 22.9. The molecule has 5 aromatic rings. The summed E-state index contributed by atoms with van der Waals surface area (Å²) in [5, 5.41) is 13.4. The van der Waals surface area contributed by atoms with Crippen LogP contribution in [0.15, 0.2) is 109 Å². The molecule has 0 bridgehead atoms. The summed E-state index contributed by atoms with van der Waals surface area (Å²) >= 11 is 0. The molecule has 0 spiro atoms. The summed E-state index contributed by atoms with van der Waals surface area (Å²) in [6.07, 6.45) is 3.02. The van der Waals surface area contributed by atoms with Crippen molar-refractivity contribution in [3.05, 3.63) is 148 Å². The minimum atomic E-state index is -0.784. The average molecular weight is 637 g/mol. The van der Waals surface area contributed by atoms with Crippen molar-refractivity contribution in [2.24, 2.45) is 0 Å². The van der Waals surface area contributed by atoms with Crippen molar-refractivity contribution < 1.29 is 23.8 Å². The lowest BCUT2D eigenvalue weighted by molar-refractivity contribution is -0.757. The highest BCUT2D eigenvalue weighted by atomic mass is 19.1. The molecule has 1 aromatic heterocycles. The van der Waals surface area contributed by atoms with Crippen LogP contribution in [0.3, 0.4) is 0 Å². The SMILES string of the molecule is O=C(NCCCCCCO[N+](=O)[O-])c1ccc(CN(Cc2cccc(F)c2)c2ccc(OCc3ccc4ccccc4n3)cc2)cc1. The fourth-order valence-corrected chi connectivity index (χ4v) is 5.20. The number of carbonyl (C=O) groups excluding carboxylic acids is 1. The number of pyridine rings is 1. The Morgan fingerprint density at radius 1 is 0.830 bits per heavy atom. The highest BCUT2D eigenvalue weighted by Crippen LogP contribution is 2.25. The van der Waals surface area contributed by atoms with Crippen molar-refractivity contribution in [1.29, 1.82) is 0 Å². The summed E-state index contributed by atoms with van der Waals surface area (Å²) in [5.74, 6) is 0.278. The maximum atomic E-state index is 14.0. The summed E-state index contributed by atoms with van der Waals surface area (Å²) in [7, 11) is 0. The van der Waals surface area contributed by atoms with E-state index in [9.17, 15) is 19.3 Å². The first kappa shape index (κ1) is 32.9. The number of nitrogens with one attached hydrogen (secondary N) is 1. The van der Waals surface area contributed by atoms with Crippen molar-refractivity contribution in [1.82, 2.24) is 10.3 Å². The van der Waals surface area contributed by atoms with E-state index in [2.05, 4.69) is 20.0 Å². The van der Waals surface area contributed by atoms with E-state index in [1.165, 1.54) is 12.1 Å². The number of amides is 1. The van der Waals surface area contributed by atoms with E-state index in [1.807, 2.05) is 78.9 Å². The maximum Gasteiger partial charge on any atom is 0.294 e. The molecule has 9 nitrogen and oxygen atoms in total. The van der Waals surface area contributed by atoms with Crippen LogP contribution >= 0.6 is 0 Å². The van der Waals surface area contributed by atoms with Crippen molar-refractivity contribution in [3.63, 3.8) is 0 Å². The van der Waals surface area contributed by atoms with Gasteiger partial charge in [-0.1, -0.05) is 61.4 Å². The summed E-state index contributed by atoms with van der Waals surface area (Å²) < 4.78 is 20.1. The molecule has 0 saturated heterocycles. The Labute approximate surface area is 273 Å². The Morgan fingerprint density at radius 2 is 1.60 bits per heavy atom. The highest BCUT2D eigenvalue weighted by Gasteiger charge is 2.12. The molecular formula is C37H37FN4O5. The zero-order valence-corrected chi connectivity index (χ0v) is 26.0. The molecule has 0 unspecified atom stereocenters. The van der Waals surface area contributed by atoms with Gasteiger partial charge in [-0.25, -0.2) is 9.37 Å². The van der Waals surface area contributed by atoms with E-state index in [0.717, 1.165) is 52.7 Å². The van der Waals surface area contributed by atoms with Crippen LogP contribution in [-0.4, -0.2) is 29.1 Å². The number of halogens is 1. The molecule has 0 aliphatic carbocycles. The van der Waals surface area contributed by atoms with Crippen molar-refractivity contribution in [3.8, 4) is 5.75 Å². The van der Waals surface area contributed by atoms with Gasteiger partial charge in [-0.15, -0.1) is 10.1 Å². The molecule has 47 heavy (non-hydrogen) atoms. The normalized spacial score (nSPS) is 10.8. The smallest absolute Gasteiger partial charge is 0.294 e. The van der Waals surface area contributed by atoms with Gasteiger partial charge in [0.25, 0.3) is 11.0 Å². The second-order valence-electron chi connectivity index (χ2n) is 11.2. The number of fused-ring (bicyclic) bond motifs is 1. The van der Waals surface area contributed by atoms with E-state index in [0.29, 0.717) is 44.0 Å². The molecule has 1 N–H and O–H groups in total. The lowest BCUT2D eigenvalue weighted by atomic mass is 10.1. The predicted octanol–water partition coefficient (Wildman–Crippen LogP) is 7.66. The molecule has 0 aliphatic rings. The number of anilines is 1. The van der Waals surface area contributed by atoms with Crippen LogP contribution in [0.1, 0.15) is 52.9 Å². The second kappa shape index (κ2) is 16.7. The number of para-hydroxylation sites is 1. The quantitative estimate of drug-likeness (QED) is 0.0635. The summed E-state index contributed by atoms with van der Waals surface area (Å²) in [4.78, 5) is 34.0. The fourth-order valence-electron chi connectivity index (χ4n) is 5.20. The number of nitrogens with zero attached hydrogens (tertiary/aromatic N) is 3. The van der Waals surface area contributed by atoms with Crippen molar-refractivity contribution in [2.45, 2.75) is 45.4 Å². The number of ether oxygens (including phenoxy) is 1. The summed E-state index contributed by atoms with van der Waals surface area (Å²) in [5.41, 5.74) is 5.12. The van der Waals surface area contributed by atoms with E-state index < -0.39 is 5.09 Å². The maximum absolute atomic E-state index is 14.0. The Kier molecular flexibility index (Phi) is 11.7. The third kappa shape index (κ3) is 10.3. The van der Waals surface area contributed by atoms with Crippen LogP contribution in [0, 0.1) is 15.9 Å². The molecule has 0 saturated carbocycles. The first-order valence-corrected chi connectivity index (χ1v) is 15.6. The largest absolute Gasteiger partial charge is 0.487 e. The van der Waals surface area contributed by atoms with Gasteiger partial charge in [-0.2, -0.15) is 0 Å². The Bertz CT molecular complexity index is 1770. The monoisotopic (exact) mass is 636 g/mol. The zero-order valence-electron chi connectivity index (χ0n) is 26.0. The first-order valence-electron chi connectivity index (χ1n) is 15.6. The van der Waals surface area contributed by atoms with E-state index in [-0.39, 0.29) is 18.3 Å². The molecule has 10 heteroatoms. The summed E-state index contributed by atoms with van der Waals surface area (Å²) in [6.45, 7) is 1.99. The van der Waals surface area contributed by atoms with Gasteiger partial charge in [0.2, 0.25) is 0 Å². The molecule has 0 aliphatic heterocycles. The number of unbranched alkanes of at least 4 members (excludes halogenated alkanes) is 3. The molecule has 0 atom stereocenters. The third-order valence-corrected chi connectivity index (χ3v) is 7.65. The Balaban J connectivity index is 1.17. The Hall–Kier alpha value is -5.51.